The summed E-state index contributed by atoms with van der Waals surface area (Å²) in [5, 5.41) is 3.55. The van der Waals surface area contributed by atoms with Gasteiger partial charge in [0.2, 0.25) is 0 Å². The molecule has 1 N–H and O–H groups in total. The Balaban J connectivity index is 1.36. The second kappa shape index (κ2) is 6.54. The van der Waals surface area contributed by atoms with Gasteiger partial charge in [0.1, 0.15) is 5.82 Å². The van der Waals surface area contributed by atoms with Gasteiger partial charge in [-0.15, -0.1) is 0 Å². The Morgan fingerprint density at radius 3 is 2.70 bits per heavy atom. The molecule has 2 aliphatic heterocycles. The van der Waals surface area contributed by atoms with Gasteiger partial charge in [-0.25, -0.2) is 4.98 Å². The zero-order chi connectivity index (χ0) is 15.6. The number of aryl methyl sites for hydroxylation is 2. The molecule has 23 heavy (non-hydrogen) atoms. The summed E-state index contributed by atoms with van der Waals surface area (Å²) in [6, 6.07) is 0. The Morgan fingerprint density at radius 1 is 1.22 bits per heavy atom. The second-order valence-electron chi connectivity index (χ2n) is 7.41. The monoisotopic (exact) mass is 315 g/mol. The summed E-state index contributed by atoms with van der Waals surface area (Å²) in [6.07, 6.45) is 11.6. The molecule has 1 aliphatic carbocycles. The molecule has 5 nitrogen and oxygen atoms in total. The van der Waals surface area contributed by atoms with E-state index in [0.717, 1.165) is 43.0 Å². The third-order valence-electron chi connectivity index (χ3n) is 5.87. The molecule has 5 heteroatoms. The smallest absolute Gasteiger partial charge is 0.193 e. The fourth-order valence-corrected chi connectivity index (χ4v) is 4.64. The third-order valence-corrected chi connectivity index (χ3v) is 5.87. The minimum atomic E-state index is 0.790. The SMILES string of the molecule is CN=C(NCc1cn2c(n1)CCCC2)N1CC2CCCCC2C1. The van der Waals surface area contributed by atoms with Crippen molar-refractivity contribution in [2.45, 2.75) is 58.0 Å². The van der Waals surface area contributed by atoms with Gasteiger partial charge in [-0.05, 0) is 37.5 Å². The van der Waals surface area contributed by atoms with Crippen LogP contribution >= 0.6 is 0 Å². The number of rotatable bonds is 2. The number of fused-ring (bicyclic) bond motifs is 2. The van der Waals surface area contributed by atoms with Gasteiger partial charge >= 0.3 is 0 Å². The molecule has 2 fully saturated rings. The normalized spacial score (nSPS) is 27.7. The van der Waals surface area contributed by atoms with E-state index in [4.69, 9.17) is 4.98 Å². The maximum Gasteiger partial charge on any atom is 0.193 e. The van der Waals surface area contributed by atoms with E-state index in [0.29, 0.717) is 0 Å². The second-order valence-corrected chi connectivity index (χ2v) is 7.41. The van der Waals surface area contributed by atoms with Crippen molar-refractivity contribution in [2.75, 3.05) is 20.1 Å². The van der Waals surface area contributed by atoms with Gasteiger partial charge in [-0.3, -0.25) is 4.99 Å². The number of likely N-dealkylation sites (tertiary alicyclic amines) is 1. The number of guanidine groups is 1. The van der Waals surface area contributed by atoms with E-state index < -0.39 is 0 Å². The Kier molecular flexibility index (Phi) is 4.27. The lowest BCUT2D eigenvalue weighted by molar-refractivity contribution is 0.299. The number of hydrogen-bond acceptors (Lipinski definition) is 2. The third kappa shape index (κ3) is 3.10. The molecular weight excluding hydrogens is 286 g/mol. The average molecular weight is 315 g/mol. The van der Waals surface area contributed by atoms with Crippen molar-refractivity contribution >= 4 is 5.96 Å². The van der Waals surface area contributed by atoms with Crippen molar-refractivity contribution in [2.24, 2.45) is 16.8 Å². The molecule has 1 saturated heterocycles. The molecule has 3 aliphatic rings. The Hall–Kier alpha value is -1.52. The topological polar surface area (TPSA) is 45.5 Å². The van der Waals surface area contributed by atoms with Crippen molar-refractivity contribution in [3.05, 3.63) is 17.7 Å². The zero-order valence-corrected chi connectivity index (χ0v) is 14.3. The van der Waals surface area contributed by atoms with Crippen molar-refractivity contribution in [1.82, 2.24) is 19.8 Å². The van der Waals surface area contributed by atoms with E-state index >= 15 is 0 Å². The molecule has 2 unspecified atom stereocenters. The first kappa shape index (κ1) is 15.0. The van der Waals surface area contributed by atoms with Gasteiger partial charge in [-0.2, -0.15) is 0 Å². The summed E-state index contributed by atoms with van der Waals surface area (Å²) in [5.41, 5.74) is 1.15. The van der Waals surface area contributed by atoms with Crippen molar-refractivity contribution in [1.29, 1.82) is 0 Å². The van der Waals surface area contributed by atoms with Crippen LogP contribution in [-0.2, 0) is 19.5 Å². The quantitative estimate of drug-likeness (QED) is 0.673. The fraction of sp³-hybridized carbons (Fsp3) is 0.778. The van der Waals surface area contributed by atoms with Crippen molar-refractivity contribution < 1.29 is 0 Å². The van der Waals surface area contributed by atoms with Crippen LogP contribution in [0, 0.1) is 11.8 Å². The molecule has 2 atom stereocenters. The minimum Gasteiger partial charge on any atom is -0.351 e. The van der Waals surface area contributed by atoms with E-state index in [9.17, 15) is 0 Å². The van der Waals surface area contributed by atoms with Crippen LogP contribution < -0.4 is 5.32 Å². The van der Waals surface area contributed by atoms with E-state index in [1.807, 2.05) is 7.05 Å². The highest BCUT2D eigenvalue weighted by Gasteiger charge is 2.35. The van der Waals surface area contributed by atoms with Crippen molar-refractivity contribution in [3.63, 3.8) is 0 Å². The Bertz CT molecular complexity index is 538. The van der Waals surface area contributed by atoms with Gasteiger partial charge in [0.15, 0.2) is 5.96 Å². The molecule has 0 bridgehead atoms. The largest absolute Gasteiger partial charge is 0.351 e. The summed E-state index contributed by atoms with van der Waals surface area (Å²) >= 11 is 0. The van der Waals surface area contributed by atoms with Crippen LogP contribution in [0.4, 0.5) is 0 Å². The van der Waals surface area contributed by atoms with Crippen LogP contribution in [0.25, 0.3) is 0 Å². The minimum absolute atomic E-state index is 0.790. The fourth-order valence-electron chi connectivity index (χ4n) is 4.64. The lowest BCUT2D eigenvalue weighted by Crippen LogP contribution is -2.40. The highest BCUT2D eigenvalue weighted by molar-refractivity contribution is 5.80. The summed E-state index contributed by atoms with van der Waals surface area (Å²) in [4.78, 5) is 11.8. The lowest BCUT2D eigenvalue weighted by atomic mass is 9.82. The van der Waals surface area contributed by atoms with Gasteiger partial charge in [0.25, 0.3) is 0 Å². The molecule has 4 rings (SSSR count). The molecular formula is C18H29N5. The highest BCUT2D eigenvalue weighted by atomic mass is 15.3. The zero-order valence-electron chi connectivity index (χ0n) is 14.3. The van der Waals surface area contributed by atoms with Crippen molar-refractivity contribution in [3.8, 4) is 0 Å². The Labute approximate surface area is 139 Å². The number of nitrogens with one attached hydrogen (secondary N) is 1. The predicted octanol–water partition coefficient (Wildman–Crippen LogP) is 2.42. The summed E-state index contributed by atoms with van der Waals surface area (Å²) < 4.78 is 2.33. The molecule has 1 aromatic heterocycles. The Morgan fingerprint density at radius 2 is 2.00 bits per heavy atom. The highest BCUT2D eigenvalue weighted by Crippen LogP contribution is 2.35. The first-order chi connectivity index (χ1) is 11.3. The number of aromatic nitrogens is 2. The maximum atomic E-state index is 4.78. The van der Waals surface area contributed by atoms with Crippen LogP contribution in [-0.4, -0.2) is 40.5 Å². The van der Waals surface area contributed by atoms with Crippen LogP contribution in [0.5, 0.6) is 0 Å². The predicted molar refractivity (Wildman–Crippen MR) is 92.4 cm³/mol. The molecule has 126 valence electrons. The van der Waals surface area contributed by atoms with E-state index in [2.05, 4.69) is 26.0 Å². The summed E-state index contributed by atoms with van der Waals surface area (Å²) in [5.74, 6) is 4.10. The number of hydrogen-bond donors (Lipinski definition) is 1. The number of nitrogens with zero attached hydrogens (tertiary/aromatic N) is 4. The summed E-state index contributed by atoms with van der Waals surface area (Å²) in [7, 11) is 1.91. The number of imidazole rings is 1. The molecule has 3 heterocycles. The van der Waals surface area contributed by atoms with Gasteiger partial charge in [-0.1, -0.05) is 12.8 Å². The summed E-state index contributed by atoms with van der Waals surface area (Å²) in [6.45, 7) is 4.29. The van der Waals surface area contributed by atoms with E-state index in [1.165, 1.54) is 57.4 Å². The van der Waals surface area contributed by atoms with Gasteiger partial charge in [0, 0.05) is 39.3 Å². The number of aliphatic imine (C=N–C) groups is 1. The average Bonchev–Trinajstić information content (AvgIpc) is 3.18. The molecule has 0 spiro atoms. The molecule has 0 radical (unpaired) electrons. The van der Waals surface area contributed by atoms with E-state index in [-0.39, 0.29) is 0 Å². The van der Waals surface area contributed by atoms with E-state index in [1.54, 1.807) is 0 Å². The molecule has 1 saturated carbocycles. The van der Waals surface area contributed by atoms with Gasteiger partial charge in [0.05, 0.1) is 12.2 Å². The molecule has 0 amide bonds. The molecule has 1 aromatic rings. The van der Waals surface area contributed by atoms with Crippen LogP contribution in [0.1, 0.15) is 50.0 Å². The maximum absolute atomic E-state index is 4.78. The standard InChI is InChI=1S/C18H29N5/c1-19-18(23-11-14-6-2-3-7-15(14)12-23)20-10-16-13-22-9-5-4-8-17(22)21-16/h13-15H,2-12H2,1H3,(H,19,20). The molecule has 0 aromatic carbocycles. The van der Waals surface area contributed by atoms with Crippen LogP contribution in [0.15, 0.2) is 11.2 Å². The van der Waals surface area contributed by atoms with Crippen LogP contribution in [0.2, 0.25) is 0 Å². The van der Waals surface area contributed by atoms with Crippen LogP contribution in [0.3, 0.4) is 0 Å². The van der Waals surface area contributed by atoms with Gasteiger partial charge < -0.3 is 14.8 Å². The lowest BCUT2D eigenvalue weighted by Gasteiger charge is -2.22. The first-order valence-corrected chi connectivity index (χ1v) is 9.34. The first-order valence-electron chi connectivity index (χ1n) is 9.34.